The monoisotopic (exact) mass is 444 g/mol. The lowest BCUT2D eigenvalue weighted by Gasteiger charge is -2.35. The summed E-state index contributed by atoms with van der Waals surface area (Å²) < 4.78 is 0. The summed E-state index contributed by atoms with van der Waals surface area (Å²) >= 11 is 12.3. The van der Waals surface area contributed by atoms with E-state index in [1.807, 2.05) is 29.2 Å². The number of hydrogen-bond donors (Lipinski definition) is 1. The van der Waals surface area contributed by atoms with Gasteiger partial charge in [-0.2, -0.15) is 0 Å². The second-order valence-corrected chi connectivity index (χ2v) is 8.87. The fourth-order valence-corrected chi connectivity index (χ4v) is 4.69. The van der Waals surface area contributed by atoms with Crippen molar-refractivity contribution in [2.75, 3.05) is 26.2 Å². The molecule has 1 amide bonds. The molecule has 1 fully saturated rings. The van der Waals surface area contributed by atoms with Crippen LogP contribution in [0.25, 0.3) is 0 Å². The Kier molecular flexibility index (Phi) is 6.79. The summed E-state index contributed by atoms with van der Waals surface area (Å²) in [6.45, 7) is 2.76. The summed E-state index contributed by atoms with van der Waals surface area (Å²) in [7, 11) is 0. The van der Waals surface area contributed by atoms with Gasteiger partial charge in [-0.1, -0.05) is 71.8 Å². The van der Waals surface area contributed by atoms with E-state index < -0.39 is 0 Å². The van der Waals surface area contributed by atoms with E-state index in [4.69, 9.17) is 23.2 Å². The molecule has 0 saturated carbocycles. The fourth-order valence-electron chi connectivity index (χ4n) is 4.38. The van der Waals surface area contributed by atoms with E-state index in [0.717, 1.165) is 24.1 Å². The highest BCUT2D eigenvalue weighted by molar-refractivity contribution is 6.42. The molecule has 0 aliphatic carbocycles. The number of aliphatic hydroxyl groups excluding tert-OH is 1. The van der Waals surface area contributed by atoms with E-state index >= 15 is 0 Å². The minimum absolute atomic E-state index is 0.0861. The van der Waals surface area contributed by atoms with Crippen LogP contribution in [0.5, 0.6) is 0 Å². The minimum atomic E-state index is -0.297. The first-order valence-electron chi connectivity index (χ1n) is 10.4. The molecule has 0 radical (unpaired) electrons. The van der Waals surface area contributed by atoms with Crippen molar-refractivity contribution in [2.45, 2.75) is 30.9 Å². The van der Waals surface area contributed by atoms with Crippen molar-refractivity contribution in [1.29, 1.82) is 0 Å². The van der Waals surface area contributed by atoms with Crippen LogP contribution < -0.4 is 0 Å². The number of benzene rings is 2. The Balaban J connectivity index is 1.65. The summed E-state index contributed by atoms with van der Waals surface area (Å²) in [5, 5.41) is 10.9. The van der Waals surface area contributed by atoms with Crippen molar-refractivity contribution in [3.8, 4) is 0 Å². The van der Waals surface area contributed by atoms with Crippen LogP contribution in [0.1, 0.15) is 35.9 Å². The van der Waals surface area contributed by atoms with Gasteiger partial charge in [0.15, 0.2) is 0 Å². The smallest absolute Gasteiger partial charge is 0.231 e. The Morgan fingerprint density at radius 3 is 2.57 bits per heavy atom. The van der Waals surface area contributed by atoms with Crippen molar-refractivity contribution in [3.05, 3.63) is 81.9 Å². The van der Waals surface area contributed by atoms with Crippen molar-refractivity contribution in [2.24, 2.45) is 0 Å². The first-order valence-corrected chi connectivity index (χ1v) is 11.1. The zero-order valence-corrected chi connectivity index (χ0v) is 18.3. The number of amides is 1. The number of likely N-dealkylation sites (tertiary alicyclic amines) is 1. The van der Waals surface area contributed by atoms with Crippen LogP contribution in [-0.4, -0.2) is 53.1 Å². The third-order valence-corrected chi connectivity index (χ3v) is 6.75. The molecule has 2 aliphatic heterocycles. The van der Waals surface area contributed by atoms with Gasteiger partial charge in [0, 0.05) is 26.2 Å². The molecule has 0 aromatic heterocycles. The third kappa shape index (κ3) is 4.73. The summed E-state index contributed by atoms with van der Waals surface area (Å²) in [5.74, 6) is -0.208. The molecule has 158 valence electrons. The van der Waals surface area contributed by atoms with Gasteiger partial charge < -0.3 is 10.0 Å². The van der Waals surface area contributed by atoms with E-state index in [1.165, 1.54) is 0 Å². The van der Waals surface area contributed by atoms with Gasteiger partial charge in [-0.15, -0.1) is 0 Å². The lowest BCUT2D eigenvalue weighted by molar-refractivity contribution is -0.134. The van der Waals surface area contributed by atoms with Crippen LogP contribution in [0, 0.1) is 0 Å². The molecule has 2 heterocycles. The SMILES string of the molecule is O=C1[C@H](c2ccc(Cl)c(Cl)c2)CC=CCN1[C@H](CN1CC[C@H](O)C1)c1ccccc1. The van der Waals surface area contributed by atoms with Crippen LogP contribution in [0.3, 0.4) is 0 Å². The number of aliphatic hydroxyl groups is 1. The van der Waals surface area contributed by atoms with Gasteiger partial charge in [0.1, 0.15) is 0 Å². The third-order valence-electron chi connectivity index (χ3n) is 6.01. The van der Waals surface area contributed by atoms with Crippen molar-refractivity contribution in [3.63, 3.8) is 0 Å². The molecular formula is C24H26Cl2N2O2. The average Bonchev–Trinajstić information content (AvgIpc) is 3.07. The maximum Gasteiger partial charge on any atom is 0.231 e. The Morgan fingerprint density at radius 1 is 1.07 bits per heavy atom. The quantitative estimate of drug-likeness (QED) is 0.681. The van der Waals surface area contributed by atoms with Crippen LogP contribution in [0.2, 0.25) is 10.0 Å². The number of carbonyl (C=O) groups is 1. The molecule has 6 heteroatoms. The molecule has 1 N–H and O–H groups in total. The second kappa shape index (κ2) is 9.52. The number of β-amino-alcohol motifs (C(OH)–C–C–N with tert-alkyl or cyclic N) is 1. The minimum Gasteiger partial charge on any atom is -0.392 e. The number of halogens is 2. The zero-order chi connectivity index (χ0) is 21.1. The molecule has 4 rings (SSSR count). The first-order chi connectivity index (χ1) is 14.5. The van der Waals surface area contributed by atoms with Crippen molar-refractivity contribution in [1.82, 2.24) is 9.80 Å². The summed E-state index contributed by atoms with van der Waals surface area (Å²) in [5.41, 5.74) is 1.99. The maximum absolute atomic E-state index is 13.7. The van der Waals surface area contributed by atoms with Crippen LogP contribution >= 0.6 is 23.2 Å². The molecule has 3 atom stereocenters. The number of rotatable bonds is 5. The zero-order valence-electron chi connectivity index (χ0n) is 16.8. The Hall–Kier alpha value is -1.85. The van der Waals surface area contributed by atoms with Crippen molar-refractivity contribution < 1.29 is 9.90 Å². The van der Waals surface area contributed by atoms with Crippen LogP contribution in [-0.2, 0) is 4.79 Å². The standard InChI is InChI=1S/C24H26Cl2N2O2/c25-21-10-9-18(14-22(21)26)20-8-4-5-12-28(24(20)30)23(17-6-2-1-3-7-17)16-27-13-11-19(29)15-27/h1-7,9-10,14,19-20,23,29H,8,11-13,15-16H2/t19-,20-,23+/m0/s1. The summed E-state index contributed by atoms with van der Waals surface area (Å²) in [6.07, 6.45) is 5.28. The van der Waals surface area contributed by atoms with Gasteiger partial charge in [0.25, 0.3) is 0 Å². The first kappa shape index (κ1) is 21.4. The van der Waals surface area contributed by atoms with Crippen LogP contribution in [0.4, 0.5) is 0 Å². The second-order valence-electron chi connectivity index (χ2n) is 8.05. The average molecular weight is 445 g/mol. The van der Waals surface area contributed by atoms with E-state index in [1.54, 1.807) is 12.1 Å². The molecule has 30 heavy (non-hydrogen) atoms. The number of hydrogen-bond acceptors (Lipinski definition) is 3. The lowest BCUT2D eigenvalue weighted by Crippen LogP contribution is -2.42. The van der Waals surface area contributed by atoms with Gasteiger partial charge in [-0.25, -0.2) is 0 Å². The largest absolute Gasteiger partial charge is 0.392 e. The molecule has 2 aliphatic rings. The molecule has 2 aromatic rings. The van der Waals surface area contributed by atoms with Gasteiger partial charge in [0.05, 0.1) is 28.1 Å². The Bertz CT molecular complexity index is 919. The van der Waals surface area contributed by atoms with E-state index in [2.05, 4.69) is 29.2 Å². The highest BCUT2D eigenvalue weighted by Gasteiger charge is 2.34. The van der Waals surface area contributed by atoms with Crippen LogP contribution in [0.15, 0.2) is 60.7 Å². The van der Waals surface area contributed by atoms with Crippen molar-refractivity contribution >= 4 is 29.1 Å². The Morgan fingerprint density at radius 2 is 1.87 bits per heavy atom. The van der Waals surface area contributed by atoms with E-state index in [9.17, 15) is 9.90 Å². The van der Waals surface area contributed by atoms with E-state index in [-0.39, 0.29) is 24.0 Å². The van der Waals surface area contributed by atoms with Gasteiger partial charge >= 0.3 is 0 Å². The lowest BCUT2D eigenvalue weighted by atomic mass is 9.93. The molecule has 2 aromatic carbocycles. The normalized spacial score (nSPS) is 23.6. The topological polar surface area (TPSA) is 43.8 Å². The predicted molar refractivity (Wildman–Crippen MR) is 121 cm³/mol. The number of carbonyl (C=O) groups excluding carboxylic acids is 1. The van der Waals surface area contributed by atoms with Gasteiger partial charge in [-0.05, 0) is 36.1 Å². The highest BCUT2D eigenvalue weighted by atomic mass is 35.5. The maximum atomic E-state index is 13.7. The summed E-state index contributed by atoms with van der Waals surface area (Å²) in [4.78, 5) is 18.0. The molecule has 1 saturated heterocycles. The Labute approximate surface area is 187 Å². The molecule has 0 unspecified atom stereocenters. The highest BCUT2D eigenvalue weighted by Crippen LogP contribution is 2.34. The molecule has 0 spiro atoms. The number of nitrogens with zero attached hydrogens (tertiary/aromatic N) is 2. The molecule has 4 nitrogen and oxygen atoms in total. The predicted octanol–water partition coefficient (Wildman–Crippen LogP) is 4.67. The van der Waals surface area contributed by atoms with Gasteiger partial charge in [-0.3, -0.25) is 9.69 Å². The summed E-state index contributed by atoms with van der Waals surface area (Å²) in [6, 6.07) is 15.5. The van der Waals surface area contributed by atoms with E-state index in [0.29, 0.717) is 36.1 Å². The molecule has 0 bridgehead atoms. The fraction of sp³-hybridized carbons (Fsp3) is 0.375. The molecular weight excluding hydrogens is 419 g/mol. The van der Waals surface area contributed by atoms with Gasteiger partial charge in [0.2, 0.25) is 5.91 Å². The number of allylic oxidation sites excluding steroid dienone is 1.